The van der Waals surface area contributed by atoms with Gasteiger partial charge in [-0.1, -0.05) is 0 Å². The molecule has 0 spiro atoms. The molecule has 0 saturated heterocycles. The van der Waals surface area contributed by atoms with E-state index in [0.717, 1.165) is 25.7 Å². The SMILES string of the molecule is COCCOCCCC(N)(CCOCCOC)CCOCCOC.O. The summed E-state index contributed by atoms with van der Waals surface area (Å²) in [5.74, 6) is 0. The second-order valence-corrected chi connectivity index (χ2v) is 5.78. The first kappa shape index (κ1) is 26.9. The number of hydrogen-bond acceptors (Lipinski definition) is 7. The zero-order valence-electron chi connectivity index (χ0n) is 16.2. The quantitative estimate of drug-likeness (QED) is 0.328. The molecule has 0 fully saturated rings. The zero-order chi connectivity index (χ0) is 17.9. The molecule has 8 heteroatoms. The van der Waals surface area contributed by atoms with Gasteiger partial charge < -0.3 is 39.6 Å². The third-order valence-electron chi connectivity index (χ3n) is 3.75. The van der Waals surface area contributed by atoms with Crippen molar-refractivity contribution in [3.8, 4) is 0 Å². The molecule has 4 N–H and O–H groups in total. The van der Waals surface area contributed by atoms with Crippen molar-refractivity contribution < 1.29 is 33.9 Å². The summed E-state index contributed by atoms with van der Waals surface area (Å²) in [5, 5.41) is 0. The van der Waals surface area contributed by atoms with Crippen LogP contribution in [-0.4, -0.2) is 91.8 Å². The minimum atomic E-state index is -0.301. The summed E-state index contributed by atoms with van der Waals surface area (Å²) < 4.78 is 31.5. The highest BCUT2D eigenvalue weighted by Gasteiger charge is 2.24. The lowest BCUT2D eigenvalue weighted by Gasteiger charge is -2.29. The molecule has 0 aliphatic rings. The van der Waals surface area contributed by atoms with Gasteiger partial charge in [-0.2, -0.15) is 0 Å². The van der Waals surface area contributed by atoms with Gasteiger partial charge in [-0.3, -0.25) is 0 Å². The minimum absolute atomic E-state index is 0. The Balaban J connectivity index is 0. The first-order valence-electron chi connectivity index (χ1n) is 8.67. The zero-order valence-corrected chi connectivity index (χ0v) is 16.2. The van der Waals surface area contributed by atoms with E-state index >= 15 is 0 Å². The maximum Gasteiger partial charge on any atom is 0.0700 e. The maximum atomic E-state index is 6.57. The van der Waals surface area contributed by atoms with Crippen molar-refractivity contribution in [2.45, 2.75) is 31.2 Å². The Hall–Kier alpha value is -0.320. The molecule has 0 saturated carbocycles. The molecule has 0 aromatic carbocycles. The third kappa shape index (κ3) is 18.3. The normalized spacial score (nSPS) is 11.5. The fourth-order valence-electron chi connectivity index (χ4n) is 2.19. The first-order valence-corrected chi connectivity index (χ1v) is 8.67. The number of nitrogens with two attached hydrogens (primary N) is 1. The van der Waals surface area contributed by atoms with Crippen LogP contribution in [0.1, 0.15) is 25.7 Å². The molecule has 0 amide bonds. The van der Waals surface area contributed by atoms with Gasteiger partial charge in [-0.05, 0) is 25.7 Å². The summed E-state index contributed by atoms with van der Waals surface area (Å²) in [6.45, 7) is 5.58. The van der Waals surface area contributed by atoms with Gasteiger partial charge >= 0.3 is 0 Å². The van der Waals surface area contributed by atoms with Crippen molar-refractivity contribution >= 4 is 0 Å². The number of rotatable bonds is 19. The molecule has 8 nitrogen and oxygen atoms in total. The van der Waals surface area contributed by atoms with Crippen LogP contribution in [0.4, 0.5) is 0 Å². The van der Waals surface area contributed by atoms with E-state index in [-0.39, 0.29) is 11.0 Å². The number of hydrogen-bond donors (Lipinski definition) is 1. The van der Waals surface area contributed by atoms with E-state index in [1.54, 1.807) is 21.3 Å². The Labute approximate surface area is 152 Å². The van der Waals surface area contributed by atoms with E-state index in [4.69, 9.17) is 34.2 Å². The van der Waals surface area contributed by atoms with Crippen LogP contribution in [-0.2, 0) is 28.4 Å². The molecule has 0 rings (SSSR count). The largest absolute Gasteiger partial charge is 0.412 e. The molecule has 154 valence electrons. The topological polar surface area (TPSA) is 113 Å². The van der Waals surface area contributed by atoms with Crippen LogP contribution >= 0.6 is 0 Å². The van der Waals surface area contributed by atoms with E-state index in [1.165, 1.54) is 0 Å². The van der Waals surface area contributed by atoms with Crippen LogP contribution in [0.15, 0.2) is 0 Å². The second kappa shape index (κ2) is 20.0. The Morgan fingerprint density at radius 2 is 0.960 bits per heavy atom. The van der Waals surface area contributed by atoms with Crippen molar-refractivity contribution in [3.63, 3.8) is 0 Å². The van der Waals surface area contributed by atoms with E-state index in [0.29, 0.717) is 59.5 Å². The number of ether oxygens (including phenoxy) is 6. The van der Waals surface area contributed by atoms with Crippen molar-refractivity contribution in [1.82, 2.24) is 0 Å². The van der Waals surface area contributed by atoms with Crippen LogP contribution in [0.25, 0.3) is 0 Å². The van der Waals surface area contributed by atoms with Gasteiger partial charge in [-0.25, -0.2) is 0 Å². The van der Waals surface area contributed by atoms with Gasteiger partial charge in [0.2, 0.25) is 0 Å². The van der Waals surface area contributed by atoms with Crippen LogP contribution in [0.2, 0.25) is 0 Å². The molecule has 0 aliphatic heterocycles. The smallest absolute Gasteiger partial charge is 0.0700 e. The van der Waals surface area contributed by atoms with Crippen LogP contribution in [0.3, 0.4) is 0 Å². The summed E-state index contributed by atoms with van der Waals surface area (Å²) in [6.07, 6.45) is 3.38. The Morgan fingerprint density at radius 1 is 0.560 bits per heavy atom. The summed E-state index contributed by atoms with van der Waals surface area (Å²) in [7, 11) is 5.00. The van der Waals surface area contributed by atoms with Crippen molar-refractivity contribution in [1.29, 1.82) is 0 Å². The Kier molecular flexibility index (Phi) is 21.5. The molecule has 0 heterocycles. The summed E-state index contributed by atoms with van der Waals surface area (Å²) >= 11 is 0. The molecule has 0 atom stereocenters. The van der Waals surface area contributed by atoms with Crippen LogP contribution in [0.5, 0.6) is 0 Å². The van der Waals surface area contributed by atoms with Gasteiger partial charge in [-0.15, -0.1) is 0 Å². The van der Waals surface area contributed by atoms with E-state index < -0.39 is 0 Å². The molecular formula is C17H39NO7. The average molecular weight is 369 g/mol. The fourth-order valence-corrected chi connectivity index (χ4v) is 2.19. The summed E-state index contributed by atoms with van der Waals surface area (Å²) in [5.41, 5.74) is 6.26. The predicted molar refractivity (Wildman–Crippen MR) is 97.1 cm³/mol. The van der Waals surface area contributed by atoms with Crippen LogP contribution in [0, 0.1) is 0 Å². The van der Waals surface area contributed by atoms with Gasteiger partial charge in [0.15, 0.2) is 0 Å². The lowest BCUT2D eigenvalue weighted by molar-refractivity contribution is 0.0388. The number of methoxy groups -OCH3 is 3. The lowest BCUT2D eigenvalue weighted by atomic mass is 9.88. The van der Waals surface area contributed by atoms with Gasteiger partial charge in [0.1, 0.15) is 0 Å². The monoisotopic (exact) mass is 369 g/mol. The Morgan fingerprint density at radius 3 is 1.36 bits per heavy atom. The molecular weight excluding hydrogens is 330 g/mol. The summed E-state index contributed by atoms with van der Waals surface area (Å²) in [4.78, 5) is 0. The van der Waals surface area contributed by atoms with Crippen molar-refractivity contribution in [3.05, 3.63) is 0 Å². The lowest BCUT2D eigenvalue weighted by Crippen LogP contribution is -2.42. The molecule has 0 aliphatic carbocycles. The highest BCUT2D eigenvalue weighted by atomic mass is 16.5. The second-order valence-electron chi connectivity index (χ2n) is 5.78. The first-order chi connectivity index (χ1) is 11.7. The highest BCUT2D eigenvalue weighted by Crippen LogP contribution is 2.19. The maximum absolute atomic E-state index is 6.57. The van der Waals surface area contributed by atoms with Crippen LogP contribution < -0.4 is 5.73 Å². The van der Waals surface area contributed by atoms with Gasteiger partial charge in [0.05, 0.1) is 39.6 Å². The van der Waals surface area contributed by atoms with Gasteiger partial charge in [0, 0.05) is 46.7 Å². The average Bonchev–Trinajstić information content (AvgIpc) is 2.58. The highest BCUT2D eigenvalue weighted by molar-refractivity contribution is 4.84. The Bertz CT molecular complexity index is 243. The minimum Gasteiger partial charge on any atom is -0.412 e. The predicted octanol–water partition coefficient (Wildman–Crippen LogP) is 0.409. The summed E-state index contributed by atoms with van der Waals surface area (Å²) in [6, 6.07) is 0. The van der Waals surface area contributed by atoms with E-state index in [9.17, 15) is 0 Å². The van der Waals surface area contributed by atoms with Crippen molar-refractivity contribution in [2.75, 3.05) is 80.8 Å². The standard InChI is InChI=1S/C17H37NO6.H2O/c1-19-11-14-22-8-4-5-17(18,6-9-23-15-12-20-2)7-10-24-16-13-21-3;/h4-16,18H2,1-3H3;1H2. The van der Waals surface area contributed by atoms with E-state index in [2.05, 4.69) is 0 Å². The van der Waals surface area contributed by atoms with Gasteiger partial charge in [0.25, 0.3) is 0 Å². The van der Waals surface area contributed by atoms with E-state index in [1.807, 2.05) is 0 Å². The molecule has 0 aromatic rings. The molecule has 0 bridgehead atoms. The van der Waals surface area contributed by atoms with Crippen molar-refractivity contribution in [2.24, 2.45) is 5.73 Å². The fraction of sp³-hybridized carbons (Fsp3) is 1.00. The molecule has 0 unspecified atom stereocenters. The third-order valence-corrected chi connectivity index (χ3v) is 3.75. The molecule has 0 aromatic heterocycles. The molecule has 25 heavy (non-hydrogen) atoms. The molecule has 0 radical (unpaired) electrons.